The van der Waals surface area contributed by atoms with Crippen molar-refractivity contribution in [3.8, 4) is 0 Å². The van der Waals surface area contributed by atoms with E-state index in [1.807, 2.05) is 18.2 Å². The molecule has 104 valence electrons. The molecule has 0 saturated carbocycles. The van der Waals surface area contributed by atoms with Gasteiger partial charge in [-0.2, -0.15) is 0 Å². The summed E-state index contributed by atoms with van der Waals surface area (Å²) in [4.78, 5) is 10.9. The molecule has 0 bridgehead atoms. The predicted octanol–water partition coefficient (Wildman–Crippen LogP) is 2.17. The fraction of sp³-hybridized carbons (Fsp3) is 0.312. The van der Waals surface area contributed by atoms with Crippen LogP contribution in [0.5, 0.6) is 0 Å². The molecule has 2 aromatic carbocycles. The van der Waals surface area contributed by atoms with E-state index >= 15 is 0 Å². The molecule has 3 rings (SSSR count). The number of carboxylic acids is 1. The standard InChI is InChI=1S/C16H17NO3/c18-16(19)15-8-13(9-17-15)20-10-12-6-3-5-11-4-1-2-7-14(11)12/h1-7,13,15,17H,8-10H2,(H,18,19)/t13-,15+/m1/s1. The maximum absolute atomic E-state index is 10.9. The number of hydrogen-bond acceptors (Lipinski definition) is 3. The van der Waals surface area contributed by atoms with Gasteiger partial charge in [0, 0.05) is 13.0 Å². The van der Waals surface area contributed by atoms with Crippen molar-refractivity contribution in [1.82, 2.24) is 5.32 Å². The Balaban J connectivity index is 1.67. The Hall–Kier alpha value is -1.91. The van der Waals surface area contributed by atoms with Crippen LogP contribution in [0.2, 0.25) is 0 Å². The van der Waals surface area contributed by atoms with Gasteiger partial charge in [0.2, 0.25) is 0 Å². The third-order valence-electron chi connectivity index (χ3n) is 3.74. The van der Waals surface area contributed by atoms with E-state index in [1.165, 1.54) is 10.8 Å². The number of fused-ring (bicyclic) bond motifs is 1. The normalized spacial score (nSPS) is 22.2. The number of carboxylic acid groups (broad SMARTS) is 1. The number of carbonyl (C=O) groups is 1. The first kappa shape index (κ1) is 13.1. The van der Waals surface area contributed by atoms with E-state index in [4.69, 9.17) is 9.84 Å². The molecule has 0 spiro atoms. The van der Waals surface area contributed by atoms with Crippen molar-refractivity contribution in [3.05, 3.63) is 48.0 Å². The lowest BCUT2D eigenvalue weighted by Crippen LogP contribution is -2.29. The summed E-state index contributed by atoms with van der Waals surface area (Å²) in [5, 5.41) is 14.3. The van der Waals surface area contributed by atoms with Crippen molar-refractivity contribution in [2.75, 3.05) is 6.54 Å². The van der Waals surface area contributed by atoms with Crippen LogP contribution in [0.15, 0.2) is 42.5 Å². The van der Waals surface area contributed by atoms with Crippen molar-refractivity contribution < 1.29 is 14.6 Å². The molecule has 4 heteroatoms. The van der Waals surface area contributed by atoms with E-state index in [2.05, 4.69) is 29.6 Å². The summed E-state index contributed by atoms with van der Waals surface area (Å²) in [5.41, 5.74) is 1.14. The van der Waals surface area contributed by atoms with Gasteiger partial charge in [0.25, 0.3) is 0 Å². The summed E-state index contributed by atoms with van der Waals surface area (Å²) in [6.07, 6.45) is 0.496. The Labute approximate surface area is 117 Å². The van der Waals surface area contributed by atoms with Crippen LogP contribution in [-0.4, -0.2) is 29.8 Å². The molecule has 20 heavy (non-hydrogen) atoms. The van der Waals surface area contributed by atoms with Gasteiger partial charge in [-0.1, -0.05) is 42.5 Å². The SMILES string of the molecule is O=C(O)[C@@H]1C[C@@H](OCc2cccc3ccccc23)CN1. The van der Waals surface area contributed by atoms with Gasteiger partial charge in [0.15, 0.2) is 0 Å². The van der Waals surface area contributed by atoms with E-state index in [9.17, 15) is 4.79 Å². The van der Waals surface area contributed by atoms with Crippen LogP contribution < -0.4 is 5.32 Å². The highest BCUT2D eigenvalue weighted by molar-refractivity contribution is 5.85. The van der Waals surface area contributed by atoms with Crippen molar-refractivity contribution in [2.45, 2.75) is 25.2 Å². The molecule has 0 aromatic heterocycles. The molecular weight excluding hydrogens is 254 g/mol. The fourth-order valence-corrected chi connectivity index (χ4v) is 2.64. The Morgan fingerprint density at radius 2 is 2.05 bits per heavy atom. The first-order valence-electron chi connectivity index (χ1n) is 6.78. The summed E-state index contributed by atoms with van der Waals surface area (Å²) in [6.45, 7) is 1.11. The van der Waals surface area contributed by atoms with Crippen LogP contribution in [0, 0.1) is 0 Å². The van der Waals surface area contributed by atoms with Crippen LogP contribution in [0.1, 0.15) is 12.0 Å². The van der Waals surface area contributed by atoms with Crippen molar-refractivity contribution in [3.63, 3.8) is 0 Å². The molecule has 0 amide bonds. The second kappa shape index (κ2) is 5.61. The first-order chi connectivity index (χ1) is 9.74. The third kappa shape index (κ3) is 2.66. The summed E-state index contributed by atoms with van der Waals surface area (Å²) in [6, 6.07) is 13.9. The van der Waals surface area contributed by atoms with E-state index in [0.717, 1.165) is 5.56 Å². The molecule has 0 unspecified atom stereocenters. The van der Waals surface area contributed by atoms with Gasteiger partial charge in [0.05, 0.1) is 12.7 Å². The Morgan fingerprint density at radius 3 is 2.85 bits per heavy atom. The smallest absolute Gasteiger partial charge is 0.320 e. The lowest BCUT2D eigenvalue weighted by Gasteiger charge is -2.12. The molecule has 2 atom stereocenters. The first-order valence-corrected chi connectivity index (χ1v) is 6.78. The van der Waals surface area contributed by atoms with E-state index in [0.29, 0.717) is 19.6 Å². The molecule has 1 aliphatic heterocycles. The van der Waals surface area contributed by atoms with Crippen LogP contribution in [0.25, 0.3) is 10.8 Å². The van der Waals surface area contributed by atoms with Crippen molar-refractivity contribution in [2.24, 2.45) is 0 Å². The van der Waals surface area contributed by atoms with Gasteiger partial charge < -0.3 is 15.2 Å². The minimum Gasteiger partial charge on any atom is -0.480 e. The van der Waals surface area contributed by atoms with Crippen LogP contribution >= 0.6 is 0 Å². The van der Waals surface area contributed by atoms with Gasteiger partial charge in [-0.25, -0.2) is 0 Å². The van der Waals surface area contributed by atoms with E-state index in [1.54, 1.807) is 0 Å². The van der Waals surface area contributed by atoms with Gasteiger partial charge in [-0.05, 0) is 16.3 Å². The fourth-order valence-electron chi connectivity index (χ4n) is 2.64. The molecule has 4 nitrogen and oxygen atoms in total. The van der Waals surface area contributed by atoms with Gasteiger partial charge in [-0.3, -0.25) is 4.79 Å². The lowest BCUT2D eigenvalue weighted by molar-refractivity contribution is -0.139. The van der Waals surface area contributed by atoms with Gasteiger partial charge in [0.1, 0.15) is 6.04 Å². The number of aliphatic carboxylic acids is 1. The third-order valence-corrected chi connectivity index (χ3v) is 3.74. The largest absolute Gasteiger partial charge is 0.480 e. The number of ether oxygens (including phenoxy) is 1. The average molecular weight is 271 g/mol. The Kier molecular flexibility index (Phi) is 3.67. The second-order valence-corrected chi connectivity index (χ2v) is 5.11. The quantitative estimate of drug-likeness (QED) is 0.894. The lowest BCUT2D eigenvalue weighted by atomic mass is 10.1. The molecule has 2 aromatic rings. The van der Waals surface area contributed by atoms with Gasteiger partial charge in [-0.15, -0.1) is 0 Å². The highest BCUT2D eigenvalue weighted by atomic mass is 16.5. The highest BCUT2D eigenvalue weighted by Crippen LogP contribution is 2.21. The molecular formula is C16H17NO3. The molecule has 0 radical (unpaired) electrons. The van der Waals surface area contributed by atoms with Crippen LogP contribution in [0.3, 0.4) is 0 Å². The monoisotopic (exact) mass is 271 g/mol. The predicted molar refractivity (Wildman–Crippen MR) is 76.6 cm³/mol. The zero-order chi connectivity index (χ0) is 13.9. The Bertz CT molecular complexity index is 621. The topological polar surface area (TPSA) is 58.6 Å². The summed E-state index contributed by atoms with van der Waals surface area (Å²) in [7, 11) is 0. The molecule has 1 heterocycles. The zero-order valence-electron chi connectivity index (χ0n) is 11.1. The van der Waals surface area contributed by atoms with Crippen molar-refractivity contribution in [1.29, 1.82) is 0 Å². The highest BCUT2D eigenvalue weighted by Gasteiger charge is 2.29. The average Bonchev–Trinajstić information content (AvgIpc) is 2.94. The summed E-state index contributed by atoms with van der Waals surface area (Å²) in [5.74, 6) is -0.804. The molecule has 1 aliphatic rings. The Morgan fingerprint density at radius 1 is 1.25 bits per heavy atom. The van der Waals surface area contributed by atoms with E-state index < -0.39 is 12.0 Å². The number of rotatable bonds is 4. The van der Waals surface area contributed by atoms with Crippen LogP contribution in [0.4, 0.5) is 0 Å². The molecule has 1 saturated heterocycles. The minimum atomic E-state index is -0.804. The number of benzene rings is 2. The molecule has 0 aliphatic carbocycles. The summed E-state index contributed by atoms with van der Waals surface area (Å²) >= 11 is 0. The van der Waals surface area contributed by atoms with E-state index in [-0.39, 0.29) is 6.10 Å². The zero-order valence-corrected chi connectivity index (χ0v) is 11.1. The number of nitrogens with one attached hydrogen (secondary N) is 1. The van der Waals surface area contributed by atoms with Crippen LogP contribution in [-0.2, 0) is 16.1 Å². The van der Waals surface area contributed by atoms with Crippen molar-refractivity contribution >= 4 is 16.7 Å². The maximum Gasteiger partial charge on any atom is 0.320 e. The molecule has 1 fully saturated rings. The maximum atomic E-state index is 10.9. The number of hydrogen-bond donors (Lipinski definition) is 2. The summed E-state index contributed by atoms with van der Waals surface area (Å²) < 4.78 is 5.85. The van der Waals surface area contributed by atoms with Gasteiger partial charge >= 0.3 is 5.97 Å². The molecule has 2 N–H and O–H groups in total. The minimum absolute atomic E-state index is 0.0323. The second-order valence-electron chi connectivity index (χ2n) is 5.11.